The second-order valence-electron chi connectivity index (χ2n) is 6.11. The Kier molecular flexibility index (Phi) is 5.21. The molecule has 3 rings (SSSR count). The SMILES string of the molecule is Cc1cc(CN(C(=O)CCl)[C@@H]2CCO[C@H]2c2ccccc2)nn1C. The highest BCUT2D eigenvalue weighted by Gasteiger charge is 2.36. The summed E-state index contributed by atoms with van der Waals surface area (Å²) in [6.45, 7) is 3.08. The molecule has 1 fully saturated rings. The molecule has 0 unspecified atom stereocenters. The normalized spacial score (nSPS) is 20.3. The Morgan fingerprint density at radius 2 is 2.17 bits per heavy atom. The fourth-order valence-corrected chi connectivity index (χ4v) is 3.37. The Morgan fingerprint density at radius 3 is 2.79 bits per heavy atom. The third kappa shape index (κ3) is 3.47. The van der Waals surface area contributed by atoms with Crippen LogP contribution in [0.5, 0.6) is 0 Å². The number of amides is 1. The van der Waals surface area contributed by atoms with Crippen LogP contribution in [0, 0.1) is 6.92 Å². The van der Waals surface area contributed by atoms with Crippen LogP contribution in [0.1, 0.15) is 29.5 Å². The lowest BCUT2D eigenvalue weighted by Crippen LogP contribution is -2.42. The summed E-state index contributed by atoms with van der Waals surface area (Å²) in [5.74, 6) is -0.125. The molecule has 0 radical (unpaired) electrons. The zero-order valence-electron chi connectivity index (χ0n) is 14.0. The number of rotatable bonds is 5. The lowest BCUT2D eigenvalue weighted by molar-refractivity contribution is -0.133. The summed E-state index contributed by atoms with van der Waals surface area (Å²) in [6, 6.07) is 12.0. The molecule has 128 valence electrons. The van der Waals surface area contributed by atoms with E-state index in [9.17, 15) is 4.79 Å². The molecule has 0 bridgehead atoms. The highest BCUT2D eigenvalue weighted by atomic mass is 35.5. The van der Waals surface area contributed by atoms with Crippen molar-refractivity contribution in [1.29, 1.82) is 0 Å². The largest absolute Gasteiger partial charge is 0.371 e. The van der Waals surface area contributed by atoms with Crippen LogP contribution >= 0.6 is 11.6 Å². The first-order valence-corrected chi connectivity index (χ1v) is 8.65. The molecule has 6 heteroatoms. The number of carbonyl (C=O) groups excluding carboxylic acids is 1. The molecule has 1 aliphatic heterocycles. The van der Waals surface area contributed by atoms with Crippen molar-refractivity contribution in [3.8, 4) is 0 Å². The summed E-state index contributed by atoms with van der Waals surface area (Å²) in [7, 11) is 1.90. The number of aromatic nitrogens is 2. The van der Waals surface area contributed by atoms with Gasteiger partial charge >= 0.3 is 0 Å². The fourth-order valence-electron chi connectivity index (χ4n) is 3.21. The number of hydrogen-bond donors (Lipinski definition) is 0. The topological polar surface area (TPSA) is 47.4 Å². The van der Waals surface area contributed by atoms with E-state index in [2.05, 4.69) is 5.10 Å². The maximum Gasteiger partial charge on any atom is 0.238 e. The van der Waals surface area contributed by atoms with Crippen LogP contribution in [-0.2, 0) is 23.1 Å². The van der Waals surface area contributed by atoms with Crippen molar-refractivity contribution in [2.75, 3.05) is 12.5 Å². The quantitative estimate of drug-likeness (QED) is 0.781. The van der Waals surface area contributed by atoms with E-state index in [4.69, 9.17) is 16.3 Å². The summed E-state index contributed by atoms with van der Waals surface area (Å²) < 4.78 is 7.75. The second kappa shape index (κ2) is 7.36. The van der Waals surface area contributed by atoms with Gasteiger partial charge in [0, 0.05) is 19.3 Å². The van der Waals surface area contributed by atoms with Crippen LogP contribution in [0.2, 0.25) is 0 Å². The minimum Gasteiger partial charge on any atom is -0.371 e. The fraction of sp³-hybridized carbons (Fsp3) is 0.444. The van der Waals surface area contributed by atoms with Gasteiger partial charge in [-0.15, -0.1) is 11.6 Å². The van der Waals surface area contributed by atoms with Crippen LogP contribution in [0.25, 0.3) is 0 Å². The summed E-state index contributed by atoms with van der Waals surface area (Å²) in [4.78, 5) is 14.3. The van der Waals surface area contributed by atoms with Gasteiger partial charge in [0.15, 0.2) is 0 Å². The molecular formula is C18H22ClN3O2. The molecule has 24 heavy (non-hydrogen) atoms. The molecule has 1 amide bonds. The van der Waals surface area contributed by atoms with E-state index in [1.54, 1.807) is 0 Å². The van der Waals surface area contributed by atoms with Gasteiger partial charge in [0.1, 0.15) is 12.0 Å². The average molecular weight is 348 g/mol. The van der Waals surface area contributed by atoms with Crippen molar-refractivity contribution in [3.05, 3.63) is 53.3 Å². The van der Waals surface area contributed by atoms with E-state index < -0.39 is 0 Å². The number of halogens is 1. The Labute approximate surface area is 147 Å². The average Bonchev–Trinajstić information content (AvgIpc) is 3.20. The molecule has 1 aromatic carbocycles. The van der Waals surface area contributed by atoms with Gasteiger partial charge < -0.3 is 9.64 Å². The van der Waals surface area contributed by atoms with Crippen molar-refractivity contribution in [2.24, 2.45) is 7.05 Å². The summed E-state index contributed by atoms with van der Waals surface area (Å²) in [5, 5.41) is 4.47. The molecule has 1 saturated heterocycles. The zero-order valence-corrected chi connectivity index (χ0v) is 14.7. The number of hydrogen-bond acceptors (Lipinski definition) is 3. The first kappa shape index (κ1) is 17.0. The van der Waals surface area contributed by atoms with Crippen molar-refractivity contribution in [3.63, 3.8) is 0 Å². The molecule has 1 aromatic heterocycles. The minimum atomic E-state index is -0.122. The Balaban J connectivity index is 1.86. The standard InChI is InChI=1S/C18H22ClN3O2/c1-13-10-15(20-21(13)2)12-22(17(23)11-19)16-8-9-24-18(16)14-6-4-3-5-7-14/h3-7,10,16,18H,8-9,11-12H2,1-2H3/t16-,18+/m1/s1. The molecule has 0 N–H and O–H groups in total. The zero-order chi connectivity index (χ0) is 17.1. The van der Waals surface area contributed by atoms with Gasteiger partial charge in [0.05, 0.1) is 18.3 Å². The Hall–Kier alpha value is -1.85. The Bertz CT molecular complexity index is 682. The predicted octanol–water partition coefficient (Wildman–Crippen LogP) is 2.83. The third-order valence-corrected chi connectivity index (χ3v) is 4.75. The first-order chi connectivity index (χ1) is 11.6. The van der Waals surface area contributed by atoms with Gasteiger partial charge in [-0.1, -0.05) is 30.3 Å². The molecule has 2 aromatic rings. The maximum absolute atomic E-state index is 12.5. The highest BCUT2D eigenvalue weighted by Crippen LogP contribution is 2.33. The number of benzene rings is 1. The van der Waals surface area contributed by atoms with Gasteiger partial charge in [-0.3, -0.25) is 9.48 Å². The number of ether oxygens (including phenoxy) is 1. The number of alkyl halides is 1. The maximum atomic E-state index is 12.5. The van der Waals surface area contributed by atoms with Gasteiger partial charge in [-0.05, 0) is 25.0 Å². The second-order valence-corrected chi connectivity index (χ2v) is 6.38. The molecule has 2 atom stereocenters. The van der Waals surface area contributed by atoms with Crippen LogP contribution in [0.4, 0.5) is 0 Å². The third-order valence-electron chi connectivity index (χ3n) is 4.52. The predicted molar refractivity (Wildman–Crippen MR) is 92.8 cm³/mol. The minimum absolute atomic E-state index is 0.0269. The van der Waals surface area contributed by atoms with Crippen molar-refractivity contribution < 1.29 is 9.53 Å². The molecule has 0 spiro atoms. The van der Waals surface area contributed by atoms with Crippen LogP contribution in [0.3, 0.4) is 0 Å². The van der Waals surface area contributed by atoms with E-state index >= 15 is 0 Å². The van der Waals surface area contributed by atoms with E-state index in [0.717, 1.165) is 23.4 Å². The smallest absolute Gasteiger partial charge is 0.238 e. The van der Waals surface area contributed by atoms with Crippen molar-refractivity contribution >= 4 is 17.5 Å². The Morgan fingerprint density at radius 1 is 1.42 bits per heavy atom. The van der Waals surface area contributed by atoms with Gasteiger partial charge in [-0.25, -0.2) is 0 Å². The van der Waals surface area contributed by atoms with Gasteiger partial charge in [0.2, 0.25) is 5.91 Å². The number of aryl methyl sites for hydroxylation is 2. The lowest BCUT2D eigenvalue weighted by atomic mass is 10.0. The summed E-state index contributed by atoms with van der Waals surface area (Å²) in [5.41, 5.74) is 3.02. The van der Waals surface area contributed by atoms with Crippen molar-refractivity contribution in [1.82, 2.24) is 14.7 Å². The molecular weight excluding hydrogens is 326 g/mol. The lowest BCUT2D eigenvalue weighted by Gasteiger charge is -2.31. The number of nitrogens with zero attached hydrogens (tertiary/aromatic N) is 3. The summed E-state index contributed by atoms with van der Waals surface area (Å²) >= 11 is 5.86. The van der Waals surface area contributed by atoms with E-state index in [0.29, 0.717) is 13.2 Å². The molecule has 1 aliphatic rings. The molecule has 0 saturated carbocycles. The monoisotopic (exact) mass is 347 g/mol. The van der Waals surface area contributed by atoms with E-state index in [-0.39, 0.29) is 23.9 Å². The van der Waals surface area contributed by atoms with E-state index in [1.807, 2.05) is 60.0 Å². The summed E-state index contributed by atoms with van der Waals surface area (Å²) in [6.07, 6.45) is 0.678. The van der Waals surface area contributed by atoms with Crippen LogP contribution in [0.15, 0.2) is 36.4 Å². The van der Waals surface area contributed by atoms with Crippen LogP contribution < -0.4 is 0 Å². The number of carbonyl (C=O) groups is 1. The molecule has 5 nitrogen and oxygen atoms in total. The van der Waals surface area contributed by atoms with Crippen molar-refractivity contribution in [2.45, 2.75) is 32.0 Å². The highest BCUT2D eigenvalue weighted by molar-refractivity contribution is 6.27. The first-order valence-electron chi connectivity index (χ1n) is 8.11. The van der Waals surface area contributed by atoms with E-state index in [1.165, 1.54) is 0 Å². The van der Waals surface area contributed by atoms with Gasteiger partial charge in [-0.2, -0.15) is 5.10 Å². The van der Waals surface area contributed by atoms with Gasteiger partial charge in [0.25, 0.3) is 0 Å². The molecule has 0 aliphatic carbocycles. The molecule has 2 heterocycles. The van der Waals surface area contributed by atoms with Crippen LogP contribution in [-0.4, -0.2) is 39.1 Å².